The Morgan fingerprint density at radius 2 is 1.79 bits per heavy atom. The second kappa shape index (κ2) is 3.79. The fraction of sp³-hybridized carbons (Fsp3) is 0.556. The van der Waals surface area contributed by atoms with Gasteiger partial charge in [0.05, 0.1) is 5.54 Å². The molecule has 78 valence electrons. The number of imide groups is 1. The molecule has 0 spiro atoms. The van der Waals surface area contributed by atoms with Gasteiger partial charge < -0.3 is 5.50 Å². The third-order valence-corrected chi connectivity index (χ3v) is 3.90. The Morgan fingerprint density at radius 3 is 2.14 bits per heavy atom. The van der Waals surface area contributed by atoms with Crippen molar-refractivity contribution in [3.05, 3.63) is 12.2 Å². The van der Waals surface area contributed by atoms with E-state index in [1.807, 2.05) is 20.8 Å². The van der Waals surface area contributed by atoms with Gasteiger partial charge in [-0.1, -0.05) is 15.7 Å². The van der Waals surface area contributed by atoms with Gasteiger partial charge in [-0.3, -0.25) is 14.5 Å². The summed E-state index contributed by atoms with van der Waals surface area (Å²) in [4.78, 5) is 24.1. The quantitative estimate of drug-likeness (QED) is 0.553. The molecule has 1 aliphatic rings. The summed E-state index contributed by atoms with van der Waals surface area (Å²) >= 11 is 0. The van der Waals surface area contributed by atoms with Gasteiger partial charge in [0, 0.05) is 17.8 Å². The summed E-state index contributed by atoms with van der Waals surface area (Å²) in [5, 5.41) is 0. The van der Waals surface area contributed by atoms with Gasteiger partial charge in [0.1, 0.15) is 0 Å². The first-order valence-electron chi connectivity index (χ1n) is 4.43. The molecule has 2 amide bonds. The normalized spacial score (nSPS) is 20.1. The van der Waals surface area contributed by atoms with Crippen molar-refractivity contribution in [3.63, 3.8) is 0 Å². The van der Waals surface area contributed by atoms with Crippen LogP contribution in [-0.2, 0) is 9.59 Å². The van der Waals surface area contributed by atoms with E-state index in [1.54, 1.807) is 0 Å². The average Bonchev–Trinajstić information content (AvgIpc) is 2.44. The van der Waals surface area contributed by atoms with Crippen LogP contribution in [0, 0.1) is 0 Å². The number of amides is 2. The zero-order chi connectivity index (χ0) is 10.9. The summed E-state index contributed by atoms with van der Waals surface area (Å²) in [5.41, 5.74) is 5.17. The van der Waals surface area contributed by atoms with Crippen molar-refractivity contribution in [1.82, 2.24) is 4.90 Å². The molecule has 14 heavy (non-hydrogen) atoms. The summed E-state index contributed by atoms with van der Waals surface area (Å²) in [6.07, 6.45) is 2.60. The summed E-state index contributed by atoms with van der Waals surface area (Å²) in [6, 6.07) is 0. The van der Waals surface area contributed by atoms with Gasteiger partial charge in [-0.25, -0.2) is 0 Å². The van der Waals surface area contributed by atoms with E-state index in [0.717, 1.165) is 0 Å². The maximum atomic E-state index is 11.4. The van der Waals surface area contributed by atoms with Gasteiger partial charge >= 0.3 is 0 Å². The first kappa shape index (κ1) is 11.3. The summed E-state index contributed by atoms with van der Waals surface area (Å²) < 4.78 is 0. The number of carbonyl (C=O) groups is 2. The largest absolute Gasteiger partial charge is 0.312 e. The number of rotatable bonds is 3. The van der Waals surface area contributed by atoms with Crippen LogP contribution in [0.3, 0.4) is 0 Å². The van der Waals surface area contributed by atoms with Crippen LogP contribution in [0.1, 0.15) is 20.8 Å². The Labute approximate surface area is 85.4 Å². The summed E-state index contributed by atoms with van der Waals surface area (Å²) in [5.74, 6) is -0.491. The molecule has 0 aromatic carbocycles. The van der Waals surface area contributed by atoms with Gasteiger partial charge in [-0.2, -0.15) is 0 Å². The number of hydrogen-bond donors (Lipinski definition) is 1. The lowest BCUT2D eigenvalue weighted by atomic mass is 9.99. The van der Waals surface area contributed by atoms with Crippen molar-refractivity contribution in [3.8, 4) is 0 Å². The predicted octanol–water partition coefficient (Wildman–Crippen LogP) is 0.631. The van der Waals surface area contributed by atoms with E-state index >= 15 is 0 Å². The van der Waals surface area contributed by atoms with E-state index in [9.17, 15) is 9.59 Å². The van der Waals surface area contributed by atoms with Crippen molar-refractivity contribution >= 4 is 20.5 Å². The molecule has 4 nitrogen and oxygen atoms in total. The highest BCUT2D eigenvalue weighted by molar-refractivity contribution is 7.36. The molecule has 1 rings (SSSR count). The zero-order valence-electron chi connectivity index (χ0n) is 8.57. The van der Waals surface area contributed by atoms with Crippen LogP contribution in [-0.4, -0.2) is 27.9 Å². The SMILES string of the molecule is CC(PN)C(C)(C)N1C(=O)C=CC1=O. The van der Waals surface area contributed by atoms with E-state index in [0.29, 0.717) is 0 Å². The Morgan fingerprint density at radius 1 is 1.36 bits per heavy atom. The lowest BCUT2D eigenvalue weighted by molar-refractivity contribution is -0.142. The smallest absolute Gasteiger partial charge is 0.254 e. The van der Waals surface area contributed by atoms with Crippen LogP contribution < -0.4 is 5.50 Å². The van der Waals surface area contributed by atoms with Crippen LogP contribution >= 0.6 is 8.73 Å². The highest BCUT2D eigenvalue weighted by atomic mass is 31.1. The molecule has 0 radical (unpaired) electrons. The third-order valence-electron chi connectivity index (χ3n) is 2.70. The fourth-order valence-electron chi connectivity index (χ4n) is 1.37. The van der Waals surface area contributed by atoms with Crippen molar-refractivity contribution in [2.45, 2.75) is 32.0 Å². The minimum atomic E-state index is -0.509. The molecule has 0 saturated carbocycles. The molecule has 2 unspecified atom stereocenters. The van der Waals surface area contributed by atoms with Crippen LogP contribution in [0.2, 0.25) is 0 Å². The molecule has 0 bridgehead atoms. The minimum absolute atomic E-state index is 0.107. The standard InChI is InChI=1S/C9H15N2O2P/c1-6(14-10)9(2,3)11-7(12)4-5-8(11)13/h4-6,14H,10H2,1-3H3. The first-order valence-corrected chi connectivity index (χ1v) is 5.59. The number of carbonyl (C=O) groups excluding carboxylic acids is 2. The van der Waals surface area contributed by atoms with E-state index in [1.165, 1.54) is 17.1 Å². The van der Waals surface area contributed by atoms with Crippen molar-refractivity contribution in [2.75, 3.05) is 0 Å². The second-order valence-corrected chi connectivity index (χ2v) is 5.09. The van der Waals surface area contributed by atoms with E-state index in [2.05, 4.69) is 0 Å². The Bertz CT molecular complexity index is 281. The maximum Gasteiger partial charge on any atom is 0.254 e. The monoisotopic (exact) mass is 214 g/mol. The first-order chi connectivity index (χ1) is 6.41. The Kier molecular flexibility index (Phi) is 3.07. The number of hydrogen-bond acceptors (Lipinski definition) is 3. The minimum Gasteiger partial charge on any atom is -0.312 e. The van der Waals surface area contributed by atoms with Crippen LogP contribution in [0.4, 0.5) is 0 Å². The summed E-state index contributed by atoms with van der Waals surface area (Å²) in [7, 11) is 0.215. The van der Waals surface area contributed by atoms with Gasteiger partial charge in [0.25, 0.3) is 11.8 Å². The Hall–Kier alpha value is -0.730. The number of nitrogens with two attached hydrogens (primary N) is 1. The van der Waals surface area contributed by atoms with E-state index in [4.69, 9.17) is 5.50 Å². The highest BCUT2D eigenvalue weighted by Gasteiger charge is 2.40. The van der Waals surface area contributed by atoms with Gasteiger partial charge in [-0.15, -0.1) is 0 Å². The third kappa shape index (κ3) is 1.72. The maximum absolute atomic E-state index is 11.4. The molecule has 2 atom stereocenters. The predicted molar refractivity (Wildman–Crippen MR) is 57.0 cm³/mol. The van der Waals surface area contributed by atoms with Crippen LogP contribution in [0.25, 0.3) is 0 Å². The summed E-state index contributed by atoms with van der Waals surface area (Å²) in [6.45, 7) is 5.66. The van der Waals surface area contributed by atoms with E-state index < -0.39 is 5.54 Å². The Balaban J connectivity index is 2.93. The molecular weight excluding hydrogens is 199 g/mol. The molecule has 0 fully saturated rings. The topological polar surface area (TPSA) is 63.4 Å². The van der Waals surface area contributed by atoms with E-state index in [-0.39, 0.29) is 26.2 Å². The molecule has 1 aliphatic heterocycles. The fourth-order valence-corrected chi connectivity index (χ4v) is 1.90. The lowest BCUT2D eigenvalue weighted by Crippen LogP contribution is -2.53. The lowest BCUT2D eigenvalue weighted by Gasteiger charge is -2.38. The molecule has 2 N–H and O–H groups in total. The van der Waals surface area contributed by atoms with Gasteiger partial charge in [0.2, 0.25) is 0 Å². The molecule has 0 saturated heterocycles. The molecule has 0 aromatic rings. The van der Waals surface area contributed by atoms with Crippen molar-refractivity contribution in [1.29, 1.82) is 0 Å². The molecule has 5 heteroatoms. The van der Waals surface area contributed by atoms with Crippen LogP contribution in [0.5, 0.6) is 0 Å². The molecule has 1 heterocycles. The molecular formula is C9H15N2O2P. The van der Waals surface area contributed by atoms with Crippen molar-refractivity contribution < 1.29 is 9.59 Å². The molecule has 0 aliphatic carbocycles. The van der Waals surface area contributed by atoms with Gasteiger partial charge in [0.15, 0.2) is 0 Å². The second-order valence-electron chi connectivity index (χ2n) is 3.89. The van der Waals surface area contributed by atoms with Gasteiger partial charge in [-0.05, 0) is 13.8 Å². The van der Waals surface area contributed by atoms with Crippen molar-refractivity contribution in [2.24, 2.45) is 5.50 Å². The number of nitrogens with zero attached hydrogens (tertiary/aromatic N) is 1. The van der Waals surface area contributed by atoms with Crippen LogP contribution in [0.15, 0.2) is 12.2 Å². The highest BCUT2D eigenvalue weighted by Crippen LogP contribution is 2.30. The molecule has 0 aromatic heterocycles. The average molecular weight is 214 g/mol. The zero-order valence-corrected chi connectivity index (χ0v) is 9.57.